The Morgan fingerprint density at radius 1 is 1.29 bits per heavy atom. The highest BCUT2D eigenvalue weighted by atomic mass is 16.2. The van der Waals surface area contributed by atoms with Crippen LogP contribution in [0.4, 0.5) is 11.6 Å². The van der Waals surface area contributed by atoms with Crippen molar-refractivity contribution in [1.82, 2.24) is 9.97 Å². The number of carbonyl (C=O) groups excluding carboxylic acids is 1. The van der Waals surface area contributed by atoms with Gasteiger partial charge in [0.15, 0.2) is 0 Å². The Morgan fingerprint density at radius 3 is 2.76 bits per heavy atom. The Hall–Kier alpha value is -2.43. The van der Waals surface area contributed by atoms with Crippen LogP contribution in [0, 0.1) is 0 Å². The molecule has 2 unspecified atom stereocenters. The molecule has 2 atom stereocenters. The van der Waals surface area contributed by atoms with Crippen molar-refractivity contribution in [2.75, 3.05) is 16.8 Å². The van der Waals surface area contributed by atoms with E-state index in [1.54, 1.807) is 18.5 Å². The molecule has 0 aliphatic carbocycles. The second-order valence-electron chi connectivity index (χ2n) is 5.35. The van der Waals surface area contributed by atoms with Crippen molar-refractivity contribution in [3.05, 3.63) is 48.3 Å². The third-order valence-electron chi connectivity index (χ3n) is 3.90. The number of rotatable bonds is 3. The van der Waals surface area contributed by atoms with Gasteiger partial charge in [-0.25, -0.2) is 9.97 Å². The zero-order chi connectivity index (χ0) is 14.8. The van der Waals surface area contributed by atoms with Gasteiger partial charge in [-0.3, -0.25) is 10.1 Å². The normalized spacial score (nSPS) is 18.2. The number of hydrogen-bond donors (Lipinski definition) is 1. The van der Waals surface area contributed by atoms with E-state index in [0.29, 0.717) is 11.9 Å². The monoisotopic (exact) mass is 282 g/mol. The molecule has 3 rings (SSSR count). The van der Waals surface area contributed by atoms with E-state index in [0.717, 1.165) is 12.2 Å². The van der Waals surface area contributed by atoms with E-state index in [-0.39, 0.29) is 11.9 Å². The number of nitrogens with one attached hydrogen (secondary N) is 1. The van der Waals surface area contributed by atoms with Crippen molar-refractivity contribution in [1.29, 1.82) is 0 Å². The second kappa shape index (κ2) is 5.52. The minimum Gasteiger partial charge on any atom is -0.359 e. The largest absolute Gasteiger partial charge is 0.359 e. The van der Waals surface area contributed by atoms with Gasteiger partial charge >= 0.3 is 0 Å². The van der Waals surface area contributed by atoms with Crippen LogP contribution in [-0.2, 0) is 4.79 Å². The Morgan fingerprint density at radius 2 is 2.00 bits per heavy atom. The van der Waals surface area contributed by atoms with Crippen LogP contribution in [0.15, 0.2) is 42.7 Å². The van der Waals surface area contributed by atoms with Gasteiger partial charge in [0.05, 0.1) is 0 Å². The molecule has 1 aliphatic heterocycles. The SMILES string of the molecule is CC1CN(C(C)C(=O)Nc2ncccn2)c2ccccc21. The third kappa shape index (κ3) is 2.59. The maximum absolute atomic E-state index is 12.4. The molecule has 0 spiro atoms. The predicted molar refractivity (Wildman–Crippen MR) is 82.3 cm³/mol. The molecule has 21 heavy (non-hydrogen) atoms. The van der Waals surface area contributed by atoms with Gasteiger partial charge in [0.1, 0.15) is 6.04 Å². The summed E-state index contributed by atoms with van der Waals surface area (Å²) in [6.07, 6.45) is 3.22. The molecule has 5 heteroatoms. The van der Waals surface area contributed by atoms with E-state index >= 15 is 0 Å². The summed E-state index contributed by atoms with van der Waals surface area (Å²) >= 11 is 0. The molecule has 2 aromatic rings. The van der Waals surface area contributed by atoms with Crippen molar-refractivity contribution in [3.63, 3.8) is 0 Å². The lowest BCUT2D eigenvalue weighted by molar-refractivity contribution is -0.117. The molecular weight excluding hydrogens is 264 g/mol. The first-order valence-electron chi connectivity index (χ1n) is 7.10. The van der Waals surface area contributed by atoms with E-state index in [1.807, 2.05) is 19.1 Å². The molecule has 1 aromatic heterocycles. The smallest absolute Gasteiger partial charge is 0.249 e. The highest BCUT2D eigenvalue weighted by Gasteiger charge is 2.31. The molecule has 0 radical (unpaired) electrons. The van der Waals surface area contributed by atoms with Gasteiger partial charge in [-0.05, 0) is 24.6 Å². The molecule has 1 N–H and O–H groups in total. The summed E-state index contributed by atoms with van der Waals surface area (Å²) in [6, 6.07) is 9.71. The summed E-state index contributed by atoms with van der Waals surface area (Å²) in [5.74, 6) is 0.685. The first kappa shape index (κ1) is 13.5. The van der Waals surface area contributed by atoms with Crippen molar-refractivity contribution < 1.29 is 4.79 Å². The first-order valence-corrected chi connectivity index (χ1v) is 7.10. The topological polar surface area (TPSA) is 58.1 Å². The average Bonchev–Trinajstić information content (AvgIpc) is 2.85. The van der Waals surface area contributed by atoms with Crippen LogP contribution >= 0.6 is 0 Å². The quantitative estimate of drug-likeness (QED) is 0.939. The minimum absolute atomic E-state index is 0.0925. The first-order chi connectivity index (χ1) is 10.2. The molecule has 0 saturated heterocycles. The average molecular weight is 282 g/mol. The summed E-state index contributed by atoms with van der Waals surface area (Å²) in [6.45, 7) is 4.94. The van der Waals surface area contributed by atoms with Gasteiger partial charge in [0, 0.05) is 30.5 Å². The number of nitrogens with zero attached hydrogens (tertiary/aromatic N) is 3. The van der Waals surface area contributed by atoms with E-state index in [9.17, 15) is 4.79 Å². The molecule has 5 nitrogen and oxygen atoms in total. The number of hydrogen-bond acceptors (Lipinski definition) is 4. The molecule has 108 valence electrons. The van der Waals surface area contributed by atoms with Crippen LogP contribution in [0.3, 0.4) is 0 Å². The van der Waals surface area contributed by atoms with Gasteiger partial charge in [-0.2, -0.15) is 0 Å². The van der Waals surface area contributed by atoms with Crippen molar-refractivity contribution in [2.45, 2.75) is 25.8 Å². The van der Waals surface area contributed by atoms with Crippen LogP contribution in [0.1, 0.15) is 25.3 Å². The van der Waals surface area contributed by atoms with Crippen LogP contribution in [-0.4, -0.2) is 28.5 Å². The molecule has 0 bridgehead atoms. The molecule has 1 amide bonds. The number of fused-ring (bicyclic) bond motifs is 1. The van der Waals surface area contributed by atoms with E-state index < -0.39 is 0 Å². The summed E-state index contributed by atoms with van der Waals surface area (Å²) in [4.78, 5) is 22.6. The molecule has 0 saturated carbocycles. The number of aromatic nitrogens is 2. The van der Waals surface area contributed by atoms with E-state index in [4.69, 9.17) is 0 Å². The zero-order valence-electron chi connectivity index (χ0n) is 12.2. The summed E-state index contributed by atoms with van der Waals surface area (Å²) < 4.78 is 0. The van der Waals surface area contributed by atoms with Crippen molar-refractivity contribution in [2.24, 2.45) is 0 Å². The van der Waals surface area contributed by atoms with E-state index in [2.05, 4.69) is 39.2 Å². The summed E-state index contributed by atoms with van der Waals surface area (Å²) in [7, 11) is 0. The number of benzene rings is 1. The Labute approximate surface area is 124 Å². The minimum atomic E-state index is -0.264. The fraction of sp³-hybridized carbons (Fsp3) is 0.312. The van der Waals surface area contributed by atoms with Crippen LogP contribution in [0.5, 0.6) is 0 Å². The number of para-hydroxylation sites is 1. The molecule has 1 aliphatic rings. The predicted octanol–water partition coefficient (Wildman–Crippen LogP) is 2.43. The second-order valence-corrected chi connectivity index (χ2v) is 5.35. The Bertz CT molecular complexity index is 644. The fourth-order valence-electron chi connectivity index (χ4n) is 2.74. The van der Waals surface area contributed by atoms with Gasteiger partial charge in [-0.1, -0.05) is 25.1 Å². The lowest BCUT2D eigenvalue weighted by atomic mass is 10.0. The van der Waals surface area contributed by atoms with Gasteiger partial charge < -0.3 is 4.90 Å². The Kier molecular flexibility index (Phi) is 3.56. The van der Waals surface area contributed by atoms with Gasteiger partial charge in [0.2, 0.25) is 11.9 Å². The van der Waals surface area contributed by atoms with Gasteiger partial charge in [0.25, 0.3) is 0 Å². The van der Waals surface area contributed by atoms with Crippen molar-refractivity contribution >= 4 is 17.5 Å². The molecule has 1 aromatic carbocycles. The van der Waals surface area contributed by atoms with Crippen LogP contribution in [0.25, 0.3) is 0 Å². The van der Waals surface area contributed by atoms with Gasteiger partial charge in [-0.15, -0.1) is 0 Å². The lowest BCUT2D eigenvalue weighted by Gasteiger charge is -2.26. The highest BCUT2D eigenvalue weighted by molar-refractivity contribution is 5.95. The molecule has 2 heterocycles. The maximum Gasteiger partial charge on any atom is 0.249 e. The lowest BCUT2D eigenvalue weighted by Crippen LogP contribution is -2.41. The molecule has 0 fully saturated rings. The standard InChI is InChI=1S/C16H18N4O/c1-11-10-20(14-7-4-3-6-13(11)14)12(2)15(21)19-16-17-8-5-9-18-16/h3-9,11-12H,10H2,1-2H3,(H,17,18,19,21). The summed E-state index contributed by atoms with van der Waals surface area (Å²) in [5.41, 5.74) is 2.44. The number of anilines is 2. The number of carbonyl (C=O) groups is 1. The summed E-state index contributed by atoms with van der Waals surface area (Å²) in [5, 5.41) is 2.76. The van der Waals surface area contributed by atoms with Crippen LogP contribution < -0.4 is 10.2 Å². The maximum atomic E-state index is 12.4. The van der Waals surface area contributed by atoms with Crippen molar-refractivity contribution in [3.8, 4) is 0 Å². The van der Waals surface area contributed by atoms with E-state index in [1.165, 1.54) is 5.56 Å². The highest BCUT2D eigenvalue weighted by Crippen LogP contribution is 2.36. The number of amides is 1. The molecular formula is C16H18N4O. The fourth-order valence-corrected chi connectivity index (χ4v) is 2.74. The zero-order valence-corrected chi connectivity index (χ0v) is 12.2. The van der Waals surface area contributed by atoms with Crippen LogP contribution in [0.2, 0.25) is 0 Å². The third-order valence-corrected chi connectivity index (χ3v) is 3.90. The Balaban J connectivity index is 1.77.